The molecular weight excluding hydrogens is 370 g/mol. The Labute approximate surface area is 174 Å². The van der Waals surface area contributed by atoms with E-state index in [0.717, 1.165) is 25.7 Å². The summed E-state index contributed by atoms with van der Waals surface area (Å²) in [7, 11) is 0. The molecule has 1 fully saturated rings. The first-order valence-corrected chi connectivity index (χ1v) is 10.8. The standard InChI is InChI=1S/C23H35NO5/c1-5-13-28-20-11-10-18(15-19(20)21(25)27-7-3)24-22(26)23(29-14-6-2)12-8-9-17(4)16-23/h10-11,15,17H,5-9,12-14,16H2,1-4H3,(H,24,26)/t17-,23+/m0/s1. The first-order valence-electron chi connectivity index (χ1n) is 10.8. The zero-order valence-corrected chi connectivity index (χ0v) is 18.2. The van der Waals surface area contributed by atoms with Gasteiger partial charge in [-0.3, -0.25) is 4.79 Å². The first-order chi connectivity index (χ1) is 14.0. The van der Waals surface area contributed by atoms with Gasteiger partial charge in [0.15, 0.2) is 0 Å². The van der Waals surface area contributed by atoms with Gasteiger partial charge in [-0.1, -0.05) is 27.2 Å². The Bertz CT molecular complexity index is 690. The van der Waals surface area contributed by atoms with Gasteiger partial charge in [0.2, 0.25) is 0 Å². The van der Waals surface area contributed by atoms with Gasteiger partial charge >= 0.3 is 5.97 Å². The van der Waals surface area contributed by atoms with Crippen LogP contribution < -0.4 is 10.1 Å². The predicted molar refractivity (Wildman–Crippen MR) is 113 cm³/mol. The zero-order valence-electron chi connectivity index (χ0n) is 18.2. The van der Waals surface area contributed by atoms with Crippen LogP contribution in [0.15, 0.2) is 18.2 Å². The molecule has 1 saturated carbocycles. The molecule has 2 rings (SSSR count). The van der Waals surface area contributed by atoms with Gasteiger partial charge < -0.3 is 19.5 Å². The topological polar surface area (TPSA) is 73.9 Å². The number of amides is 1. The second kappa shape index (κ2) is 11.2. The van der Waals surface area contributed by atoms with Crippen LogP contribution >= 0.6 is 0 Å². The van der Waals surface area contributed by atoms with Crippen molar-refractivity contribution < 1.29 is 23.8 Å². The minimum atomic E-state index is -0.810. The number of hydrogen-bond donors (Lipinski definition) is 1. The van der Waals surface area contributed by atoms with Crippen LogP contribution in [0.3, 0.4) is 0 Å². The largest absolute Gasteiger partial charge is 0.493 e. The average molecular weight is 406 g/mol. The van der Waals surface area contributed by atoms with Crippen molar-refractivity contribution in [2.75, 3.05) is 25.1 Å². The van der Waals surface area contributed by atoms with Gasteiger partial charge in [0.05, 0.1) is 13.2 Å². The molecule has 0 unspecified atom stereocenters. The highest BCUT2D eigenvalue weighted by molar-refractivity contribution is 5.99. The number of carbonyl (C=O) groups is 2. The summed E-state index contributed by atoms with van der Waals surface area (Å²) >= 11 is 0. The molecule has 1 aliphatic carbocycles. The number of nitrogens with one attached hydrogen (secondary N) is 1. The fourth-order valence-electron chi connectivity index (χ4n) is 3.76. The monoisotopic (exact) mass is 405 g/mol. The van der Waals surface area contributed by atoms with Crippen LogP contribution in [-0.4, -0.2) is 37.3 Å². The fourth-order valence-corrected chi connectivity index (χ4v) is 3.76. The summed E-state index contributed by atoms with van der Waals surface area (Å²) in [5.74, 6) is 0.297. The van der Waals surface area contributed by atoms with E-state index in [1.54, 1.807) is 25.1 Å². The molecule has 0 aromatic heterocycles. The minimum absolute atomic E-state index is 0.144. The molecule has 0 heterocycles. The number of carbonyl (C=O) groups excluding carboxylic acids is 2. The van der Waals surface area contributed by atoms with E-state index < -0.39 is 11.6 Å². The molecule has 1 aliphatic rings. The molecule has 29 heavy (non-hydrogen) atoms. The molecule has 2 atom stereocenters. The highest BCUT2D eigenvalue weighted by Crippen LogP contribution is 2.36. The van der Waals surface area contributed by atoms with E-state index in [9.17, 15) is 9.59 Å². The van der Waals surface area contributed by atoms with E-state index in [2.05, 4.69) is 12.2 Å². The van der Waals surface area contributed by atoms with Gasteiger partial charge in [-0.2, -0.15) is 0 Å². The second-order valence-electron chi connectivity index (χ2n) is 7.78. The Morgan fingerprint density at radius 2 is 1.93 bits per heavy atom. The Balaban J connectivity index is 2.24. The summed E-state index contributed by atoms with van der Waals surface area (Å²) < 4.78 is 16.9. The van der Waals surface area contributed by atoms with Crippen LogP contribution in [0.2, 0.25) is 0 Å². The van der Waals surface area contributed by atoms with Gasteiger partial charge in [0.1, 0.15) is 16.9 Å². The maximum atomic E-state index is 13.2. The lowest BCUT2D eigenvalue weighted by atomic mass is 9.78. The molecule has 1 N–H and O–H groups in total. The number of ether oxygens (including phenoxy) is 3. The third-order valence-corrected chi connectivity index (χ3v) is 5.15. The first kappa shape index (κ1) is 23.2. The summed E-state index contributed by atoms with van der Waals surface area (Å²) in [6.45, 7) is 9.29. The number of esters is 1. The smallest absolute Gasteiger partial charge is 0.341 e. The van der Waals surface area contributed by atoms with E-state index in [4.69, 9.17) is 14.2 Å². The predicted octanol–water partition coefficient (Wildman–Crippen LogP) is 4.97. The molecule has 1 amide bonds. The van der Waals surface area contributed by atoms with E-state index in [0.29, 0.717) is 49.0 Å². The normalized spacial score (nSPS) is 21.4. The number of hydrogen-bond acceptors (Lipinski definition) is 5. The third-order valence-electron chi connectivity index (χ3n) is 5.15. The van der Waals surface area contributed by atoms with Crippen LogP contribution in [0.25, 0.3) is 0 Å². The van der Waals surface area contributed by atoms with Crippen molar-refractivity contribution in [3.63, 3.8) is 0 Å². The minimum Gasteiger partial charge on any atom is -0.493 e. The lowest BCUT2D eigenvalue weighted by Gasteiger charge is -2.38. The Morgan fingerprint density at radius 1 is 1.17 bits per heavy atom. The van der Waals surface area contributed by atoms with Gasteiger partial charge in [-0.25, -0.2) is 4.79 Å². The van der Waals surface area contributed by atoms with Crippen LogP contribution in [-0.2, 0) is 14.3 Å². The molecule has 0 aliphatic heterocycles. The van der Waals surface area contributed by atoms with Gasteiger partial charge in [0.25, 0.3) is 5.91 Å². The summed E-state index contributed by atoms with van der Waals surface area (Å²) in [5.41, 5.74) is 0.0491. The van der Waals surface area contributed by atoms with Crippen LogP contribution in [0.5, 0.6) is 5.75 Å². The highest BCUT2D eigenvalue weighted by Gasteiger charge is 2.42. The van der Waals surface area contributed by atoms with Crippen molar-refractivity contribution in [1.29, 1.82) is 0 Å². The maximum absolute atomic E-state index is 13.2. The van der Waals surface area contributed by atoms with E-state index in [1.165, 1.54) is 0 Å². The van der Waals surface area contributed by atoms with Gasteiger partial charge in [-0.15, -0.1) is 0 Å². The summed E-state index contributed by atoms with van der Waals surface area (Å²) in [5, 5.41) is 2.98. The molecule has 1 aromatic carbocycles. The van der Waals surface area contributed by atoms with Crippen LogP contribution in [0, 0.1) is 5.92 Å². The molecule has 0 radical (unpaired) electrons. The van der Waals surface area contributed by atoms with Crippen LogP contribution in [0.4, 0.5) is 5.69 Å². The molecular formula is C23H35NO5. The fraction of sp³-hybridized carbons (Fsp3) is 0.652. The Morgan fingerprint density at radius 3 is 2.59 bits per heavy atom. The van der Waals surface area contributed by atoms with Gasteiger partial charge in [-0.05, 0) is 63.1 Å². The Hall–Kier alpha value is -2.08. The summed E-state index contributed by atoms with van der Waals surface area (Å²) in [6.07, 6.45) is 5.19. The second-order valence-corrected chi connectivity index (χ2v) is 7.78. The molecule has 162 valence electrons. The number of benzene rings is 1. The molecule has 6 nitrogen and oxygen atoms in total. The molecule has 0 bridgehead atoms. The quantitative estimate of drug-likeness (QED) is 0.557. The lowest BCUT2D eigenvalue weighted by molar-refractivity contribution is -0.148. The van der Waals surface area contributed by atoms with Crippen molar-refractivity contribution in [3.05, 3.63) is 23.8 Å². The molecule has 0 saturated heterocycles. The third kappa shape index (κ3) is 6.20. The maximum Gasteiger partial charge on any atom is 0.341 e. The van der Waals surface area contributed by atoms with E-state index in [1.807, 2.05) is 13.8 Å². The van der Waals surface area contributed by atoms with E-state index >= 15 is 0 Å². The number of anilines is 1. The molecule has 0 spiro atoms. The van der Waals surface area contributed by atoms with Crippen molar-refractivity contribution in [3.8, 4) is 5.75 Å². The number of rotatable bonds is 10. The van der Waals surface area contributed by atoms with Crippen LogP contribution in [0.1, 0.15) is 76.6 Å². The molecule has 1 aromatic rings. The summed E-state index contributed by atoms with van der Waals surface area (Å²) in [6, 6.07) is 5.09. The SMILES string of the molecule is CCCOc1ccc(NC(=O)[C@@]2(OCCC)CCC[C@H](C)C2)cc1C(=O)OCC. The van der Waals surface area contributed by atoms with Crippen molar-refractivity contribution in [2.24, 2.45) is 5.92 Å². The van der Waals surface area contributed by atoms with Crippen molar-refractivity contribution in [2.45, 2.75) is 71.8 Å². The zero-order chi connectivity index (χ0) is 21.3. The summed E-state index contributed by atoms with van der Waals surface area (Å²) in [4.78, 5) is 25.6. The van der Waals surface area contributed by atoms with Crippen molar-refractivity contribution >= 4 is 17.6 Å². The van der Waals surface area contributed by atoms with Crippen molar-refractivity contribution in [1.82, 2.24) is 0 Å². The van der Waals surface area contributed by atoms with E-state index in [-0.39, 0.29) is 12.5 Å². The Kier molecular flexibility index (Phi) is 8.96. The van der Waals surface area contributed by atoms with Gasteiger partial charge in [0, 0.05) is 12.3 Å². The lowest BCUT2D eigenvalue weighted by Crippen LogP contribution is -2.48. The average Bonchev–Trinajstić information content (AvgIpc) is 2.71. The molecule has 6 heteroatoms. The highest BCUT2D eigenvalue weighted by atomic mass is 16.5.